The van der Waals surface area contributed by atoms with Crippen LogP contribution in [-0.2, 0) is 0 Å². The molecule has 0 radical (unpaired) electrons. The van der Waals surface area contributed by atoms with E-state index in [1.54, 1.807) is 0 Å². The minimum Gasteiger partial charge on any atom is -0.392 e. The molecule has 1 fully saturated rings. The number of benzene rings is 1. The Kier molecular flexibility index (Phi) is 4.18. The van der Waals surface area contributed by atoms with E-state index in [9.17, 15) is 5.11 Å². The van der Waals surface area contributed by atoms with E-state index in [4.69, 9.17) is 0 Å². The molecule has 1 aromatic rings. The Balaban J connectivity index is 1.67. The van der Waals surface area contributed by atoms with Crippen molar-refractivity contribution in [2.24, 2.45) is 11.8 Å². The van der Waals surface area contributed by atoms with Crippen molar-refractivity contribution in [2.45, 2.75) is 55.9 Å². The van der Waals surface area contributed by atoms with E-state index in [-0.39, 0.29) is 6.10 Å². The second kappa shape index (κ2) is 5.88. The maximum atomic E-state index is 10.8. The predicted molar refractivity (Wildman–Crippen MR) is 81.7 cm³/mol. The fourth-order valence-corrected chi connectivity index (χ4v) is 5.03. The van der Waals surface area contributed by atoms with Gasteiger partial charge in [-0.1, -0.05) is 44.4 Å². The molecule has 2 atom stereocenters. The molecule has 1 saturated carbocycles. The first-order valence-corrected chi connectivity index (χ1v) is 8.68. The summed E-state index contributed by atoms with van der Waals surface area (Å²) in [5.41, 5.74) is 1.39. The van der Waals surface area contributed by atoms with Gasteiger partial charge in [0, 0.05) is 16.6 Å². The molecule has 1 aromatic carbocycles. The highest BCUT2D eigenvalue weighted by Gasteiger charge is 2.35. The molecule has 0 aromatic heterocycles. The highest BCUT2D eigenvalue weighted by atomic mass is 32.2. The van der Waals surface area contributed by atoms with Gasteiger partial charge in [0.25, 0.3) is 0 Å². The largest absolute Gasteiger partial charge is 0.392 e. The van der Waals surface area contributed by atoms with Gasteiger partial charge in [0.05, 0.1) is 6.10 Å². The van der Waals surface area contributed by atoms with Gasteiger partial charge >= 0.3 is 0 Å². The minimum absolute atomic E-state index is 0.131. The van der Waals surface area contributed by atoms with Crippen molar-refractivity contribution in [1.82, 2.24) is 0 Å². The summed E-state index contributed by atoms with van der Waals surface area (Å²) >= 11 is 1.91. The Morgan fingerprint density at radius 1 is 1.21 bits per heavy atom. The molecule has 1 heterocycles. The van der Waals surface area contributed by atoms with Gasteiger partial charge in [-0.2, -0.15) is 0 Å². The first-order valence-electron chi connectivity index (χ1n) is 7.69. The quantitative estimate of drug-likeness (QED) is 0.880. The number of hydrogen-bond donors (Lipinski definition) is 1. The van der Waals surface area contributed by atoms with E-state index in [0.29, 0.717) is 11.8 Å². The molecule has 0 saturated heterocycles. The van der Waals surface area contributed by atoms with Crippen molar-refractivity contribution >= 4 is 11.8 Å². The molecule has 104 valence electrons. The summed E-state index contributed by atoms with van der Waals surface area (Å²) in [4.78, 5) is 1.38. The summed E-state index contributed by atoms with van der Waals surface area (Å²) in [6.07, 6.45) is 6.27. The van der Waals surface area contributed by atoms with Crippen LogP contribution < -0.4 is 0 Å². The third-order valence-corrected chi connectivity index (χ3v) is 6.31. The Hall–Kier alpha value is -0.470. The lowest BCUT2D eigenvalue weighted by atomic mass is 9.75. The van der Waals surface area contributed by atoms with Crippen LogP contribution in [0.2, 0.25) is 0 Å². The van der Waals surface area contributed by atoms with Crippen molar-refractivity contribution < 1.29 is 5.11 Å². The zero-order chi connectivity index (χ0) is 13.2. The number of aliphatic hydroxyl groups is 1. The smallest absolute Gasteiger partial charge is 0.0645 e. The van der Waals surface area contributed by atoms with Gasteiger partial charge in [0.15, 0.2) is 0 Å². The molecular weight excluding hydrogens is 252 g/mol. The van der Waals surface area contributed by atoms with Crippen molar-refractivity contribution in [3.63, 3.8) is 0 Å². The molecule has 19 heavy (non-hydrogen) atoms. The average molecular weight is 276 g/mol. The number of aliphatic hydroxyl groups excluding tert-OH is 1. The molecule has 2 unspecified atom stereocenters. The first-order chi connectivity index (χ1) is 9.29. The van der Waals surface area contributed by atoms with E-state index < -0.39 is 0 Å². The second-order valence-corrected chi connectivity index (χ2v) is 7.20. The van der Waals surface area contributed by atoms with Crippen LogP contribution in [0.5, 0.6) is 0 Å². The maximum absolute atomic E-state index is 10.8. The molecule has 3 rings (SSSR count). The Bertz CT molecular complexity index is 423. The number of thioether (sulfide) groups is 1. The molecular formula is C17H24OS. The van der Waals surface area contributed by atoms with Gasteiger partial charge < -0.3 is 5.11 Å². The number of rotatable bonds is 3. The minimum atomic E-state index is -0.131. The van der Waals surface area contributed by atoms with Gasteiger partial charge in [0.2, 0.25) is 0 Å². The van der Waals surface area contributed by atoms with E-state index in [2.05, 4.69) is 31.2 Å². The third-order valence-electron chi connectivity index (χ3n) is 5.10. The summed E-state index contributed by atoms with van der Waals surface area (Å²) in [5, 5.41) is 10.8. The van der Waals surface area contributed by atoms with Crippen LogP contribution in [0, 0.1) is 11.8 Å². The molecule has 1 aliphatic heterocycles. The molecule has 1 N–H and O–H groups in total. The summed E-state index contributed by atoms with van der Waals surface area (Å²) in [6.45, 7) is 2.30. The van der Waals surface area contributed by atoms with Crippen molar-refractivity contribution in [2.75, 3.05) is 5.75 Å². The van der Waals surface area contributed by atoms with Gasteiger partial charge in [-0.3, -0.25) is 0 Å². The highest BCUT2D eigenvalue weighted by molar-refractivity contribution is 7.99. The fraction of sp³-hybridized carbons (Fsp3) is 0.647. The van der Waals surface area contributed by atoms with E-state index in [1.807, 2.05) is 11.8 Å². The lowest BCUT2D eigenvalue weighted by Gasteiger charge is -2.33. The topological polar surface area (TPSA) is 20.2 Å². The Morgan fingerprint density at radius 2 is 1.95 bits per heavy atom. The van der Waals surface area contributed by atoms with Gasteiger partial charge in [-0.05, 0) is 36.3 Å². The van der Waals surface area contributed by atoms with Crippen molar-refractivity contribution in [1.29, 1.82) is 0 Å². The molecule has 2 aliphatic rings. The molecule has 1 nitrogen and oxygen atoms in total. The monoisotopic (exact) mass is 276 g/mol. The second-order valence-electron chi connectivity index (χ2n) is 6.13. The Labute approximate surface area is 120 Å². The SMILES string of the molecule is CCC1CCC(C(O)C2CSc3ccccc32)CC1. The summed E-state index contributed by atoms with van der Waals surface area (Å²) in [7, 11) is 0. The number of fused-ring (bicyclic) bond motifs is 1. The maximum Gasteiger partial charge on any atom is 0.0645 e. The molecule has 1 aliphatic carbocycles. The van der Waals surface area contributed by atoms with Crippen molar-refractivity contribution in [3.05, 3.63) is 29.8 Å². The van der Waals surface area contributed by atoms with E-state index in [0.717, 1.165) is 11.7 Å². The molecule has 0 amide bonds. The van der Waals surface area contributed by atoms with Crippen LogP contribution in [0.25, 0.3) is 0 Å². The molecule has 2 heteroatoms. The Morgan fingerprint density at radius 3 is 2.68 bits per heavy atom. The van der Waals surface area contributed by atoms with Gasteiger partial charge in [-0.15, -0.1) is 11.8 Å². The van der Waals surface area contributed by atoms with Crippen LogP contribution in [0.3, 0.4) is 0 Å². The highest BCUT2D eigenvalue weighted by Crippen LogP contribution is 2.45. The van der Waals surface area contributed by atoms with Crippen LogP contribution in [0.1, 0.15) is 50.5 Å². The standard InChI is InChI=1S/C17H24OS/c1-2-12-7-9-13(10-8-12)17(18)15-11-19-16-6-4-3-5-14(15)16/h3-6,12-13,15,17-18H,2,7-11H2,1H3. The van der Waals surface area contributed by atoms with Crippen LogP contribution in [0.15, 0.2) is 29.2 Å². The normalized spacial score (nSPS) is 32.0. The van der Waals surface area contributed by atoms with Crippen LogP contribution in [-0.4, -0.2) is 17.0 Å². The van der Waals surface area contributed by atoms with E-state index >= 15 is 0 Å². The first kappa shape index (κ1) is 13.5. The van der Waals surface area contributed by atoms with Crippen LogP contribution >= 0.6 is 11.8 Å². The lowest BCUT2D eigenvalue weighted by molar-refractivity contribution is 0.0567. The summed E-state index contributed by atoms with van der Waals surface area (Å²) < 4.78 is 0. The summed E-state index contributed by atoms with van der Waals surface area (Å²) in [5.74, 6) is 2.87. The van der Waals surface area contributed by atoms with Gasteiger partial charge in [0.1, 0.15) is 0 Å². The van der Waals surface area contributed by atoms with Gasteiger partial charge in [-0.25, -0.2) is 0 Å². The zero-order valence-electron chi connectivity index (χ0n) is 11.7. The average Bonchev–Trinajstić information content (AvgIpc) is 2.90. The lowest BCUT2D eigenvalue weighted by Crippen LogP contribution is -2.31. The van der Waals surface area contributed by atoms with E-state index in [1.165, 1.54) is 42.6 Å². The molecule has 0 spiro atoms. The number of hydrogen-bond acceptors (Lipinski definition) is 2. The van der Waals surface area contributed by atoms with Crippen LogP contribution in [0.4, 0.5) is 0 Å². The fourth-order valence-electron chi connectivity index (χ4n) is 3.74. The van der Waals surface area contributed by atoms with Crippen molar-refractivity contribution in [3.8, 4) is 0 Å². The predicted octanol–water partition coefficient (Wildman–Crippen LogP) is 4.45. The zero-order valence-corrected chi connectivity index (χ0v) is 12.5. The summed E-state index contributed by atoms with van der Waals surface area (Å²) in [6, 6.07) is 8.62. The molecule has 0 bridgehead atoms. The third kappa shape index (κ3) is 2.71.